The Hall–Kier alpha value is -4.47. The van der Waals surface area contributed by atoms with Crippen molar-refractivity contribution in [1.29, 1.82) is 0 Å². The Bertz CT molecular complexity index is 1620. The van der Waals surface area contributed by atoms with Gasteiger partial charge in [-0.3, -0.25) is 4.79 Å². The lowest BCUT2D eigenvalue weighted by molar-refractivity contribution is -0.158. The van der Waals surface area contributed by atoms with Crippen LogP contribution in [0.1, 0.15) is 34.6 Å². The number of nitrogens with two attached hydrogens (primary N) is 1. The quantitative estimate of drug-likeness (QED) is 0.215. The van der Waals surface area contributed by atoms with Gasteiger partial charge in [0.25, 0.3) is 0 Å². The molecule has 1 aliphatic carbocycles. The standard InChI is InChI=1S/C32H29NO7S/c1-41(36,37)40-24-17-15-23(16-18-24)32(33,19-30(34)38-20-22-9-3-2-4-10-22)31(35)39-21-29-27-13-7-5-11-25(27)26-12-6-8-14-28(26)29/h2-18,29H,19-21,33H2,1H3. The molecule has 1 atom stereocenters. The van der Waals surface area contributed by atoms with Crippen molar-refractivity contribution in [2.24, 2.45) is 5.73 Å². The largest absolute Gasteiger partial charge is 0.463 e. The first-order valence-corrected chi connectivity index (χ1v) is 14.8. The summed E-state index contributed by atoms with van der Waals surface area (Å²) in [4.78, 5) is 26.6. The Morgan fingerprint density at radius 2 is 1.34 bits per heavy atom. The minimum atomic E-state index is -3.76. The van der Waals surface area contributed by atoms with E-state index in [0.717, 1.165) is 34.1 Å². The first kappa shape index (κ1) is 28.1. The van der Waals surface area contributed by atoms with E-state index in [0.29, 0.717) is 0 Å². The third-order valence-corrected chi connectivity index (χ3v) is 7.49. The third-order valence-electron chi connectivity index (χ3n) is 6.99. The highest BCUT2D eigenvalue weighted by atomic mass is 32.2. The van der Waals surface area contributed by atoms with Gasteiger partial charge in [-0.25, -0.2) is 4.79 Å². The highest BCUT2D eigenvalue weighted by molar-refractivity contribution is 7.86. The van der Waals surface area contributed by atoms with Crippen LogP contribution in [0.15, 0.2) is 103 Å². The van der Waals surface area contributed by atoms with Crippen LogP contribution >= 0.6 is 0 Å². The van der Waals surface area contributed by atoms with E-state index in [-0.39, 0.29) is 30.4 Å². The summed E-state index contributed by atoms with van der Waals surface area (Å²) in [6.07, 6.45) is 0.427. The Balaban J connectivity index is 1.38. The average molecular weight is 572 g/mol. The second-order valence-electron chi connectivity index (χ2n) is 9.93. The number of rotatable bonds is 10. The van der Waals surface area contributed by atoms with Crippen molar-refractivity contribution in [3.05, 3.63) is 125 Å². The van der Waals surface area contributed by atoms with Gasteiger partial charge in [-0.2, -0.15) is 8.42 Å². The second-order valence-corrected chi connectivity index (χ2v) is 11.5. The van der Waals surface area contributed by atoms with E-state index in [1.807, 2.05) is 78.9 Å². The number of benzene rings is 4. The summed E-state index contributed by atoms with van der Waals surface area (Å²) in [5.74, 6) is -1.67. The summed E-state index contributed by atoms with van der Waals surface area (Å²) in [5.41, 5.74) is 10.00. The molecule has 4 aromatic rings. The summed E-state index contributed by atoms with van der Waals surface area (Å²) in [6, 6.07) is 30.6. The lowest BCUT2D eigenvalue weighted by Gasteiger charge is -2.28. The van der Waals surface area contributed by atoms with Crippen LogP contribution < -0.4 is 9.92 Å². The fourth-order valence-corrected chi connectivity index (χ4v) is 5.48. The minimum Gasteiger partial charge on any atom is -0.463 e. The topological polar surface area (TPSA) is 122 Å². The van der Waals surface area contributed by atoms with Crippen LogP contribution in [0.4, 0.5) is 0 Å². The number of hydrogen-bond acceptors (Lipinski definition) is 8. The summed E-state index contributed by atoms with van der Waals surface area (Å²) >= 11 is 0. The van der Waals surface area contributed by atoms with Crippen molar-refractivity contribution in [2.45, 2.75) is 24.5 Å². The Labute approximate surface area is 238 Å². The van der Waals surface area contributed by atoms with E-state index < -0.39 is 34.0 Å². The van der Waals surface area contributed by atoms with Crippen molar-refractivity contribution < 1.29 is 31.7 Å². The number of carbonyl (C=O) groups excluding carboxylic acids is 2. The van der Waals surface area contributed by atoms with E-state index >= 15 is 0 Å². The first-order valence-electron chi connectivity index (χ1n) is 13.0. The molecule has 0 heterocycles. The number of ether oxygens (including phenoxy) is 2. The lowest BCUT2D eigenvalue weighted by atomic mass is 9.87. The highest BCUT2D eigenvalue weighted by Crippen LogP contribution is 2.44. The van der Waals surface area contributed by atoms with Crippen LogP contribution in [0.3, 0.4) is 0 Å². The predicted octanol–water partition coefficient (Wildman–Crippen LogP) is 4.67. The zero-order valence-corrected chi connectivity index (χ0v) is 23.2. The van der Waals surface area contributed by atoms with Crippen LogP contribution in [0.25, 0.3) is 11.1 Å². The molecule has 1 unspecified atom stereocenters. The van der Waals surface area contributed by atoms with E-state index in [4.69, 9.17) is 19.4 Å². The van der Waals surface area contributed by atoms with Crippen molar-refractivity contribution >= 4 is 22.1 Å². The molecule has 0 fully saturated rings. The van der Waals surface area contributed by atoms with Crippen molar-refractivity contribution in [3.63, 3.8) is 0 Å². The van der Waals surface area contributed by atoms with Crippen LogP contribution in [0.5, 0.6) is 5.75 Å². The fourth-order valence-electron chi connectivity index (χ4n) is 5.02. The van der Waals surface area contributed by atoms with E-state index in [1.54, 1.807) is 0 Å². The van der Waals surface area contributed by atoms with Gasteiger partial charge in [0.2, 0.25) is 0 Å². The summed E-state index contributed by atoms with van der Waals surface area (Å²) in [5, 5.41) is 0. The Morgan fingerprint density at radius 3 is 1.93 bits per heavy atom. The van der Waals surface area contributed by atoms with Gasteiger partial charge in [-0.1, -0.05) is 91.0 Å². The third kappa shape index (κ3) is 6.32. The van der Waals surface area contributed by atoms with Gasteiger partial charge in [-0.15, -0.1) is 0 Å². The molecule has 4 aromatic carbocycles. The molecule has 0 aromatic heterocycles. The molecule has 5 rings (SSSR count). The predicted molar refractivity (Wildman–Crippen MR) is 153 cm³/mol. The molecule has 0 aliphatic heterocycles. The molecule has 0 spiro atoms. The van der Waals surface area contributed by atoms with Gasteiger partial charge >= 0.3 is 22.1 Å². The monoisotopic (exact) mass is 571 g/mol. The fraction of sp³-hybridized carbons (Fsp3) is 0.188. The lowest BCUT2D eigenvalue weighted by Crippen LogP contribution is -2.48. The number of carbonyl (C=O) groups is 2. The van der Waals surface area contributed by atoms with Gasteiger partial charge in [0.1, 0.15) is 19.0 Å². The number of fused-ring (bicyclic) bond motifs is 3. The molecule has 0 bridgehead atoms. The normalized spacial score (nSPS) is 13.9. The Morgan fingerprint density at radius 1 is 0.780 bits per heavy atom. The maximum Gasteiger partial charge on any atom is 0.331 e. The van der Waals surface area contributed by atoms with Gasteiger partial charge in [0, 0.05) is 5.92 Å². The summed E-state index contributed by atoms with van der Waals surface area (Å²) < 4.78 is 39.2. The van der Waals surface area contributed by atoms with Gasteiger partial charge in [-0.05, 0) is 45.5 Å². The molecular formula is C32H29NO7S. The Kier molecular flexibility index (Phi) is 7.92. The van der Waals surface area contributed by atoms with Gasteiger partial charge in [0.05, 0.1) is 12.7 Å². The second kappa shape index (κ2) is 11.6. The molecule has 0 radical (unpaired) electrons. The zero-order valence-electron chi connectivity index (χ0n) is 22.4. The van der Waals surface area contributed by atoms with Crippen LogP contribution in [-0.2, 0) is 41.3 Å². The van der Waals surface area contributed by atoms with Crippen molar-refractivity contribution in [3.8, 4) is 16.9 Å². The van der Waals surface area contributed by atoms with E-state index in [1.165, 1.54) is 24.3 Å². The molecule has 41 heavy (non-hydrogen) atoms. The van der Waals surface area contributed by atoms with Crippen LogP contribution in [0.2, 0.25) is 0 Å². The molecule has 0 saturated heterocycles. The first-order chi connectivity index (χ1) is 19.6. The van der Waals surface area contributed by atoms with E-state index in [9.17, 15) is 18.0 Å². The van der Waals surface area contributed by atoms with Crippen molar-refractivity contribution in [1.82, 2.24) is 0 Å². The maximum absolute atomic E-state index is 13.7. The molecule has 0 amide bonds. The molecule has 1 aliphatic rings. The average Bonchev–Trinajstić information content (AvgIpc) is 3.28. The van der Waals surface area contributed by atoms with Gasteiger partial charge < -0.3 is 19.4 Å². The molecule has 9 heteroatoms. The number of esters is 2. The minimum absolute atomic E-state index is 0.0140. The van der Waals surface area contributed by atoms with Crippen molar-refractivity contribution in [2.75, 3.05) is 12.9 Å². The van der Waals surface area contributed by atoms with Crippen LogP contribution in [-0.4, -0.2) is 33.2 Å². The summed E-state index contributed by atoms with van der Waals surface area (Å²) in [6.45, 7) is 0.0295. The van der Waals surface area contributed by atoms with Gasteiger partial charge in [0.15, 0.2) is 5.54 Å². The molecule has 210 valence electrons. The number of hydrogen-bond donors (Lipinski definition) is 1. The highest BCUT2D eigenvalue weighted by Gasteiger charge is 2.42. The zero-order chi connectivity index (χ0) is 29.0. The van der Waals surface area contributed by atoms with Crippen LogP contribution in [0, 0.1) is 0 Å². The smallest absolute Gasteiger partial charge is 0.331 e. The molecule has 0 saturated carbocycles. The van der Waals surface area contributed by atoms with E-state index in [2.05, 4.69) is 0 Å². The summed E-state index contributed by atoms with van der Waals surface area (Å²) in [7, 11) is -3.76. The molecular weight excluding hydrogens is 542 g/mol. The molecule has 8 nitrogen and oxygen atoms in total. The maximum atomic E-state index is 13.7. The molecule has 2 N–H and O–H groups in total. The SMILES string of the molecule is CS(=O)(=O)Oc1ccc(C(N)(CC(=O)OCc2ccccc2)C(=O)OCC2c3ccccc3-c3ccccc32)cc1.